The molecule has 6 nitrogen and oxygen atoms in total. The second kappa shape index (κ2) is 5.74. The minimum Gasteiger partial charge on any atom is -0.461 e. The number of halogens is 3. The first-order valence-corrected chi connectivity index (χ1v) is 5.17. The van der Waals surface area contributed by atoms with Crippen LogP contribution in [-0.2, 0) is 11.3 Å². The molecule has 0 aliphatic carbocycles. The van der Waals surface area contributed by atoms with E-state index in [-0.39, 0.29) is 12.2 Å². The van der Waals surface area contributed by atoms with E-state index in [9.17, 15) is 22.8 Å². The zero-order valence-electron chi connectivity index (χ0n) is 9.84. The van der Waals surface area contributed by atoms with E-state index < -0.39 is 35.9 Å². The topological polar surface area (TPSA) is 94.4 Å². The number of carbonyl (C=O) groups is 1. The molecule has 19 heavy (non-hydrogen) atoms. The first-order chi connectivity index (χ1) is 8.78. The molecule has 0 atom stereocenters. The fourth-order valence-electron chi connectivity index (χ4n) is 1.36. The summed E-state index contributed by atoms with van der Waals surface area (Å²) in [5.74, 6) is -1.80. The Morgan fingerprint density at radius 1 is 1.47 bits per heavy atom. The van der Waals surface area contributed by atoms with E-state index in [1.807, 2.05) is 0 Å². The number of nitrogens with two attached hydrogens (primary N) is 1. The minimum atomic E-state index is -5.00. The van der Waals surface area contributed by atoms with Crippen LogP contribution >= 0.6 is 0 Å². The number of aromatic nitrogens is 1. The van der Waals surface area contributed by atoms with Crippen LogP contribution in [0.25, 0.3) is 0 Å². The third kappa shape index (κ3) is 3.98. The third-order valence-corrected chi connectivity index (χ3v) is 2.02. The van der Waals surface area contributed by atoms with Gasteiger partial charge in [-0.2, -0.15) is 0 Å². The molecule has 0 amide bonds. The number of rotatable bonds is 4. The molecule has 0 aliphatic heterocycles. The van der Waals surface area contributed by atoms with Crippen molar-refractivity contribution in [3.05, 3.63) is 27.7 Å². The van der Waals surface area contributed by atoms with E-state index in [0.29, 0.717) is 6.07 Å². The summed E-state index contributed by atoms with van der Waals surface area (Å²) in [4.78, 5) is 24.8. The summed E-state index contributed by atoms with van der Waals surface area (Å²) < 4.78 is 44.8. The van der Waals surface area contributed by atoms with E-state index >= 15 is 0 Å². The van der Waals surface area contributed by atoms with Crippen molar-refractivity contribution in [2.45, 2.75) is 19.8 Å². The largest absolute Gasteiger partial charge is 0.573 e. The average Bonchev–Trinajstić information content (AvgIpc) is 2.26. The lowest BCUT2D eigenvalue weighted by Crippen LogP contribution is -2.24. The number of ether oxygens (including phenoxy) is 2. The monoisotopic (exact) mass is 280 g/mol. The number of nitrogens with one attached hydrogen (secondary N) is 1. The Kier molecular flexibility index (Phi) is 4.54. The lowest BCUT2D eigenvalue weighted by molar-refractivity contribution is -0.275. The van der Waals surface area contributed by atoms with Crippen LogP contribution in [0.15, 0.2) is 10.9 Å². The van der Waals surface area contributed by atoms with Crippen LogP contribution in [-0.4, -0.2) is 23.9 Å². The molecule has 0 saturated carbocycles. The standard InChI is InChI=1S/C10H11F3N2O4/c1-2-18-9(17)8-5(4-14)6(3-7(16)15-8)19-10(11,12)13/h3H,2,4,14H2,1H3,(H,15,16). The average molecular weight is 280 g/mol. The van der Waals surface area contributed by atoms with Crippen molar-refractivity contribution in [1.82, 2.24) is 4.98 Å². The lowest BCUT2D eigenvalue weighted by atomic mass is 10.1. The molecule has 0 aromatic carbocycles. The maximum atomic E-state index is 12.2. The summed E-state index contributed by atoms with van der Waals surface area (Å²) in [6.07, 6.45) is -5.00. The Bertz CT molecular complexity index is 524. The Hall–Kier alpha value is -2.03. The molecule has 9 heteroatoms. The van der Waals surface area contributed by atoms with Crippen molar-refractivity contribution < 1.29 is 27.4 Å². The number of aromatic amines is 1. The van der Waals surface area contributed by atoms with Gasteiger partial charge in [0.1, 0.15) is 11.4 Å². The number of alkyl halides is 3. The summed E-state index contributed by atoms with van der Waals surface area (Å²) >= 11 is 0. The second-order valence-electron chi connectivity index (χ2n) is 3.32. The van der Waals surface area contributed by atoms with Crippen molar-refractivity contribution >= 4 is 5.97 Å². The number of esters is 1. The van der Waals surface area contributed by atoms with Crippen molar-refractivity contribution in [3.63, 3.8) is 0 Å². The second-order valence-corrected chi connectivity index (χ2v) is 3.32. The van der Waals surface area contributed by atoms with Crippen LogP contribution in [0, 0.1) is 0 Å². The van der Waals surface area contributed by atoms with Gasteiger partial charge in [-0.1, -0.05) is 0 Å². The molecule has 0 unspecified atom stereocenters. The van der Waals surface area contributed by atoms with Crippen LogP contribution in [0.3, 0.4) is 0 Å². The van der Waals surface area contributed by atoms with Gasteiger partial charge in [-0.25, -0.2) is 4.79 Å². The Morgan fingerprint density at radius 2 is 2.11 bits per heavy atom. The molecule has 1 aromatic heterocycles. The Labute approximate surface area is 105 Å². The molecule has 3 N–H and O–H groups in total. The molecule has 0 spiro atoms. The van der Waals surface area contributed by atoms with Gasteiger partial charge in [0, 0.05) is 18.2 Å². The smallest absolute Gasteiger partial charge is 0.461 e. The molecular weight excluding hydrogens is 269 g/mol. The van der Waals surface area contributed by atoms with Gasteiger partial charge in [0.25, 0.3) is 5.56 Å². The molecule has 0 fully saturated rings. The summed E-state index contributed by atoms with van der Waals surface area (Å²) in [7, 11) is 0. The first kappa shape index (κ1) is 15.0. The van der Waals surface area contributed by atoms with Crippen molar-refractivity contribution in [3.8, 4) is 5.75 Å². The third-order valence-electron chi connectivity index (χ3n) is 2.02. The summed E-state index contributed by atoms with van der Waals surface area (Å²) in [6, 6.07) is 0.568. The van der Waals surface area contributed by atoms with Gasteiger partial charge in [0.15, 0.2) is 0 Å². The van der Waals surface area contributed by atoms with Gasteiger partial charge in [-0.05, 0) is 6.92 Å². The number of hydrogen-bond donors (Lipinski definition) is 2. The number of pyridine rings is 1. The molecule has 1 aromatic rings. The van der Waals surface area contributed by atoms with Gasteiger partial charge >= 0.3 is 12.3 Å². The number of hydrogen-bond acceptors (Lipinski definition) is 5. The van der Waals surface area contributed by atoms with Crippen molar-refractivity contribution in [1.29, 1.82) is 0 Å². The zero-order valence-corrected chi connectivity index (χ0v) is 9.84. The van der Waals surface area contributed by atoms with Crippen LogP contribution in [0.4, 0.5) is 13.2 Å². The number of H-pyrrole nitrogens is 1. The molecule has 1 heterocycles. The highest BCUT2D eigenvalue weighted by atomic mass is 19.4. The Balaban J connectivity index is 3.32. The normalized spacial score (nSPS) is 11.2. The van der Waals surface area contributed by atoms with Crippen LogP contribution in [0.2, 0.25) is 0 Å². The summed E-state index contributed by atoms with van der Waals surface area (Å²) in [5.41, 5.74) is 3.62. The van der Waals surface area contributed by atoms with Gasteiger partial charge in [-0.15, -0.1) is 13.2 Å². The van der Waals surface area contributed by atoms with Gasteiger partial charge in [-0.3, -0.25) is 4.79 Å². The molecule has 1 rings (SSSR count). The summed E-state index contributed by atoms with van der Waals surface area (Å²) in [6.45, 7) is 1.07. The fourth-order valence-corrected chi connectivity index (χ4v) is 1.36. The van der Waals surface area contributed by atoms with E-state index in [2.05, 4.69) is 14.5 Å². The predicted octanol–water partition coefficient (Wildman–Crippen LogP) is 0.909. The van der Waals surface area contributed by atoms with E-state index in [4.69, 9.17) is 5.73 Å². The zero-order chi connectivity index (χ0) is 14.6. The maximum absolute atomic E-state index is 12.2. The number of carbonyl (C=O) groups excluding carboxylic acids is 1. The molecule has 0 bridgehead atoms. The van der Waals surface area contributed by atoms with E-state index in [1.165, 1.54) is 6.92 Å². The van der Waals surface area contributed by atoms with Gasteiger partial charge in [0.05, 0.1) is 6.61 Å². The lowest BCUT2D eigenvalue weighted by Gasteiger charge is -2.14. The SMILES string of the molecule is CCOC(=O)c1[nH]c(=O)cc(OC(F)(F)F)c1CN. The van der Waals surface area contributed by atoms with Gasteiger partial charge < -0.3 is 20.2 Å². The highest BCUT2D eigenvalue weighted by molar-refractivity contribution is 5.89. The first-order valence-electron chi connectivity index (χ1n) is 5.17. The highest BCUT2D eigenvalue weighted by Gasteiger charge is 2.33. The van der Waals surface area contributed by atoms with Gasteiger partial charge in [0.2, 0.25) is 0 Å². The quantitative estimate of drug-likeness (QED) is 0.799. The molecule has 106 valence electrons. The van der Waals surface area contributed by atoms with Crippen LogP contribution in [0.5, 0.6) is 5.75 Å². The Morgan fingerprint density at radius 3 is 2.58 bits per heavy atom. The van der Waals surface area contributed by atoms with E-state index in [1.54, 1.807) is 0 Å². The van der Waals surface area contributed by atoms with Crippen LogP contribution in [0.1, 0.15) is 23.0 Å². The molecule has 0 radical (unpaired) electrons. The fraction of sp³-hybridized carbons (Fsp3) is 0.400. The minimum absolute atomic E-state index is 0.00473. The van der Waals surface area contributed by atoms with Crippen molar-refractivity contribution in [2.75, 3.05) is 6.61 Å². The van der Waals surface area contributed by atoms with Crippen LogP contribution < -0.4 is 16.0 Å². The van der Waals surface area contributed by atoms with Crippen molar-refractivity contribution in [2.24, 2.45) is 5.73 Å². The molecular formula is C10H11F3N2O4. The molecule has 0 aliphatic rings. The highest BCUT2D eigenvalue weighted by Crippen LogP contribution is 2.26. The van der Waals surface area contributed by atoms with E-state index in [0.717, 1.165) is 0 Å². The summed E-state index contributed by atoms with van der Waals surface area (Å²) in [5, 5.41) is 0. The predicted molar refractivity (Wildman–Crippen MR) is 57.6 cm³/mol. The maximum Gasteiger partial charge on any atom is 0.573 e. The molecule has 0 saturated heterocycles.